The fourth-order valence-electron chi connectivity index (χ4n) is 1.04. The summed E-state index contributed by atoms with van der Waals surface area (Å²) in [5, 5.41) is 8.53. The molecule has 13 heavy (non-hydrogen) atoms. The van der Waals surface area contributed by atoms with E-state index in [2.05, 4.69) is 35.2 Å². The van der Waals surface area contributed by atoms with Crippen molar-refractivity contribution in [2.75, 3.05) is 0 Å². The molecule has 0 N–H and O–H groups in total. The zero-order valence-corrected chi connectivity index (χ0v) is 9.36. The van der Waals surface area contributed by atoms with Crippen LogP contribution in [-0.4, -0.2) is 0 Å². The Labute approximate surface area is 92.2 Å². The van der Waals surface area contributed by atoms with Crippen LogP contribution in [0.4, 0.5) is 0 Å². The summed E-state index contributed by atoms with van der Waals surface area (Å²) in [6.45, 7) is 3.69. The van der Waals surface area contributed by atoms with Crippen molar-refractivity contribution in [3.63, 3.8) is 0 Å². The van der Waals surface area contributed by atoms with Crippen molar-refractivity contribution < 1.29 is 0 Å². The summed E-state index contributed by atoms with van der Waals surface area (Å²) in [6.07, 6.45) is 2.38. The van der Waals surface area contributed by atoms with Gasteiger partial charge in [0, 0.05) is 3.92 Å². The molecule has 1 aromatic rings. The average molecular weight is 283 g/mol. The number of nitriles is 1. The molecule has 0 saturated heterocycles. The van der Waals surface area contributed by atoms with Crippen LogP contribution in [0.25, 0.3) is 6.08 Å². The molecule has 1 aromatic carbocycles. The topological polar surface area (TPSA) is 23.8 Å². The molecule has 0 aliphatic heterocycles. The predicted octanol–water partition coefficient (Wildman–Crippen LogP) is 3.72. The lowest BCUT2D eigenvalue weighted by molar-refractivity contribution is 1.02. The maximum atomic E-state index is 8.53. The highest BCUT2D eigenvalue weighted by Gasteiger charge is 2.05. The fourth-order valence-corrected chi connectivity index (χ4v) is 1.65. The van der Waals surface area contributed by atoms with Crippen LogP contribution in [0, 0.1) is 11.3 Å². The quantitative estimate of drug-likeness (QED) is 0.612. The number of alkyl halides is 1. The van der Waals surface area contributed by atoms with Gasteiger partial charge in [-0.05, 0) is 11.1 Å². The van der Waals surface area contributed by atoms with Crippen LogP contribution < -0.4 is 0 Å². The highest BCUT2D eigenvalue weighted by molar-refractivity contribution is 14.1. The number of halogens is 1. The molecular weight excluding hydrogens is 273 g/mol. The van der Waals surface area contributed by atoms with Gasteiger partial charge in [-0.2, -0.15) is 5.26 Å². The second-order valence-electron chi connectivity index (χ2n) is 2.70. The Morgan fingerprint density at radius 3 is 2.54 bits per heavy atom. The summed E-state index contributed by atoms with van der Waals surface area (Å²) < 4.78 is 0.293. The second kappa shape index (κ2) is 5.03. The van der Waals surface area contributed by atoms with Gasteiger partial charge in [-0.15, -0.1) is 0 Å². The molecule has 0 aliphatic carbocycles. The Morgan fingerprint density at radius 1 is 1.46 bits per heavy atom. The first-order valence-corrected chi connectivity index (χ1v) is 5.26. The van der Waals surface area contributed by atoms with E-state index in [9.17, 15) is 0 Å². The van der Waals surface area contributed by atoms with Crippen LogP contribution in [0.2, 0.25) is 0 Å². The van der Waals surface area contributed by atoms with E-state index in [1.165, 1.54) is 5.56 Å². The third-order valence-electron chi connectivity index (χ3n) is 1.80. The van der Waals surface area contributed by atoms with Crippen LogP contribution >= 0.6 is 22.6 Å². The van der Waals surface area contributed by atoms with Gasteiger partial charge in [0.2, 0.25) is 0 Å². The molecule has 1 unspecified atom stereocenters. The van der Waals surface area contributed by atoms with E-state index in [1.54, 1.807) is 0 Å². The van der Waals surface area contributed by atoms with Gasteiger partial charge in [0.05, 0.1) is 12.5 Å². The third kappa shape index (κ3) is 2.85. The van der Waals surface area contributed by atoms with E-state index in [-0.39, 0.29) is 0 Å². The van der Waals surface area contributed by atoms with Crippen LogP contribution in [-0.2, 0) is 0 Å². The molecule has 1 atom stereocenters. The number of nitrogens with zero attached hydrogens (tertiary/aromatic N) is 1. The van der Waals surface area contributed by atoms with Gasteiger partial charge >= 0.3 is 0 Å². The van der Waals surface area contributed by atoms with Gasteiger partial charge in [0.1, 0.15) is 0 Å². The molecule has 0 bridgehead atoms. The lowest BCUT2D eigenvalue weighted by Crippen LogP contribution is -1.87. The first-order valence-electron chi connectivity index (χ1n) is 4.01. The van der Waals surface area contributed by atoms with Crippen LogP contribution in [0.3, 0.4) is 0 Å². The Balaban J connectivity index is 2.80. The Hall–Kier alpha value is -0.820. The molecule has 0 heterocycles. The number of rotatable bonds is 3. The van der Waals surface area contributed by atoms with Crippen LogP contribution in [0.5, 0.6) is 0 Å². The predicted molar refractivity (Wildman–Crippen MR) is 63.5 cm³/mol. The summed E-state index contributed by atoms with van der Waals surface area (Å²) >= 11 is 2.28. The standard InChI is InChI=1S/C11H10IN/c1-2-9-3-5-10(6-4-9)11(12)7-8-13/h2-6,11H,1,7H2. The highest BCUT2D eigenvalue weighted by Crippen LogP contribution is 2.26. The molecule has 0 fully saturated rings. The average Bonchev–Trinajstić information content (AvgIpc) is 2.18. The zero-order chi connectivity index (χ0) is 9.68. The summed E-state index contributed by atoms with van der Waals surface area (Å²) in [7, 11) is 0. The molecule has 1 nitrogen and oxygen atoms in total. The van der Waals surface area contributed by atoms with E-state index in [1.807, 2.05) is 30.3 Å². The van der Waals surface area contributed by atoms with E-state index < -0.39 is 0 Å². The summed E-state index contributed by atoms with van der Waals surface area (Å²) in [5.74, 6) is 0. The summed E-state index contributed by atoms with van der Waals surface area (Å²) in [5.41, 5.74) is 2.32. The van der Waals surface area contributed by atoms with Gasteiger partial charge in [0.25, 0.3) is 0 Å². The molecule has 2 heteroatoms. The minimum Gasteiger partial charge on any atom is -0.198 e. The lowest BCUT2D eigenvalue weighted by Gasteiger charge is -2.05. The Kier molecular flexibility index (Phi) is 3.97. The van der Waals surface area contributed by atoms with E-state index >= 15 is 0 Å². The van der Waals surface area contributed by atoms with E-state index in [4.69, 9.17) is 5.26 Å². The highest BCUT2D eigenvalue weighted by atomic mass is 127. The largest absolute Gasteiger partial charge is 0.198 e. The van der Waals surface area contributed by atoms with Gasteiger partial charge in [-0.3, -0.25) is 0 Å². The Morgan fingerprint density at radius 2 is 2.08 bits per heavy atom. The third-order valence-corrected chi connectivity index (χ3v) is 2.96. The molecule has 0 amide bonds. The maximum absolute atomic E-state index is 8.53. The molecule has 0 aromatic heterocycles. The monoisotopic (exact) mass is 283 g/mol. The van der Waals surface area contributed by atoms with Gasteiger partial charge in [-0.1, -0.05) is 59.5 Å². The van der Waals surface area contributed by atoms with Crippen molar-refractivity contribution in [3.8, 4) is 6.07 Å². The van der Waals surface area contributed by atoms with Crippen molar-refractivity contribution in [3.05, 3.63) is 42.0 Å². The minimum absolute atomic E-state index is 0.293. The van der Waals surface area contributed by atoms with E-state index in [0.29, 0.717) is 10.3 Å². The molecule has 66 valence electrons. The van der Waals surface area contributed by atoms with Crippen LogP contribution in [0.15, 0.2) is 30.8 Å². The molecule has 0 aliphatic rings. The number of benzene rings is 1. The number of hydrogen-bond acceptors (Lipinski definition) is 1. The molecule has 0 radical (unpaired) electrons. The molecule has 0 spiro atoms. The number of hydrogen-bond donors (Lipinski definition) is 0. The first kappa shape index (κ1) is 10.3. The zero-order valence-electron chi connectivity index (χ0n) is 7.20. The smallest absolute Gasteiger partial charge is 0.0636 e. The first-order chi connectivity index (χ1) is 6.27. The van der Waals surface area contributed by atoms with Crippen molar-refractivity contribution in [1.29, 1.82) is 5.26 Å². The second-order valence-corrected chi connectivity index (χ2v) is 4.20. The minimum atomic E-state index is 0.293. The van der Waals surface area contributed by atoms with Crippen LogP contribution in [0.1, 0.15) is 21.5 Å². The molecule has 1 rings (SSSR count). The normalized spacial score (nSPS) is 11.7. The van der Waals surface area contributed by atoms with Crippen molar-refractivity contribution in [2.45, 2.75) is 10.3 Å². The molecule has 0 saturated carbocycles. The maximum Gasteiger partial charge on any atom is 0.0636 e. The summed E-state index contributed by atoms with van der Waals surface area (Å²) in [6, 6.07) is 10.3. The van der Waals surface area contributed by atoms with Crippen molar-refractivity contribution >= 4 is 28.7 Å². The van der Waals surface area contributed by atoms with Crippen molar-refractivity contribution in [2.24, 2.45) is 0 Å². The lowest BCUT2D eigenvalue weighted by atomic mass is 10.1. The van der Waals surface area contributed by atoms with E-state index in [0.717, 1.165) is 5.56 Å². The molecular formula is C11H10IN. The van der Waals surface area contributed by atoms with Gasteiger partial charge in [-0.25, -0.2) is 0 Å². The van der Waals surface area contributed by atoms with Crippen molar-refractivity contribution in [1.82, 2.24) is 0 Å². The van der Waals surface area contributed by atoms with Gasteiger partial charge in [0.15, 0.2) is 0 Å². The fraction of sp³-hybridized carbons (Fsp3) is 0.182. The summed E-state index contributed by atoms with van der Waals surface area (Å²) in [4.78, 5) is 0. The van der Waals surface area contributed by atoms with Gasteiger partial charge < -0.3 is 0 Å². The SMILES string of the molecule is C=Cc1ccc(C(I)CC#N)cc1. The Bertz CT molecular complexity index is 321.